The lowest BCUT2D eigenvalue weighted by atomic mass is 9.83. The quantitative estimate of drug-likeness (QED) is 0.354. The molecule has 2 aliphatic rings. The van der Waals surface area contributed by atoms with E-state index >= 15 is 0 Å². The molecule has 0 aliphatic carbocycles. The summed E-state index contributed by atoms with van der Waals surface area (Å²) in [6.45, 7) is 4.62. The third kappa shape index (κ3) is 3.92. The van der Waals surface area contributed by atoms with Crippen LogP contribution in [0.25, 0.3) is 10.9 Å². The van der Waals surface area contributed by atoms with E-state index in [2.05, 4.69) is 34.9 Å². The first kappa shape index (κ1) is 23.5. The molecule has 3 heterocycles. The highest BCUT2D eigenvalue weighted by Crippen LogP contribution is 2.44. The molecule has 6 rings (SSSR count). The third-order valence-electron chi connectivity index (χ3n) is 8.03. The van der Waals surface area contributed by atoms with Crippen LogP contribution in [0, 0.1) is 6.92 Å². The lowest BCUT2D eigenvalue weighted by Crippen LogP contribution is -2.45. The maximum Gasteiger partial charge on any atom is 0.337 e. The van der Waals surface area contributed by atoms with E-state index in [9.17, 15) is 9.59 Å². The molecule has 6 heteroatoms. The van der Waals surface area contributed by atoms with Gasteiger partial charge in [0.05, 0.1) is 30.4 Å². The van der Waals surface area contributed by atoms with Crippen LogP contribution >= 0.6 is 0 Å². The predicted molar refractivity (Wildman–Crippen MR) is 142 cm³/mol. The second-order valence-corrected chi connectivity index (χ2v) is 9.98. The Kier molecular flexibility index (Phi) is 5.84. The topological polar surface area (TPSA) is 60.8 Å². The van der Waals surface area contributed by atoms with Gasteiger partial charge in [0.25, 0.3) is 5.91 Å². The Labute approximate surface area is 216 Å². The van der Waals surface area contributed by atoms with E-state index in [-0.39, 0.29) is 17.5 Å². The molecule has 0 bridgehead atoms. The van der Waals surface area contributed by atoms with E-state index in [1.807, 2.05) is 42.2 Å². The van der Waals surface area contributed by atoms with Gasteiger partial charge in [-0.25, -0.2) is 4.79 Å². The molecule has 1 aromatic heterocycles. The molecule has 188 valence electrons. The minimum absolute atomic E-state index is 0.0784. The highest BCUT2D eigenvalue weighted by Gasteiger charge is 2.43. The van der Waals surface area contributed by atoms with Crippen molar-refractivity contribution < 1.29 is 19.1 Å². The molecule has 1 fully saturated rings. The Morgan fingerprint density at radius 2 is 1.65 bits per heavy atom. The lowest BCUT2D eigenvalue weighted by Gasteiger charge is -2.39. The molecule has 0 radical (unpaired) electrons. The summed E-state index contributed by atoms with van der Waals surface area (Å²) in [5.41, 5.74) is 6.60. The van der Waals surface area contributed by atoms with Crippen LogP contribution in [0.1, 0.15) is 55.9 Å². The van der Waals surface area contributed by atoms with Gasteiger partial charge in [-0.15, -0.1) is 0 Å². The molecule has 0 saturated carbocycles. The number of likely N-dealkylation sites (tertiary alicyclic amines) is 1. The highest BCUT2D eigenvalue weighted by molar-refractivity contribution is 6.08. The number of para-hydroxylation sites is 1. The summed E-state index contributed by atoms with van der Waals surface area (Å²) in [4.78, 5) is 27.7. The molecule has 3 aromatic carbocycles. The molecular formula is C31H30N2O4. The van der Waals surface area contributed by atoms with Crippen molar-refractivity contribution >= 4 is 22.8 Å². The first-order valence-corrected chi connectivity index (χ1v) is 12.8. The molecular weight excluding hydrogens is 464 g/mol. The monoisotopic (exact) mass is 494 g/mol. The number of carbonyl (C=O) groups excluding carboxylic acids is 2. The summed E-state index contributed by atoms with van der Waals surface area (Å²) in [6.07, 6.45) is 1.61. The second-order valence-electron chi connectivity index (χ2n) is 9.98. The number of ether oxygens (including phenoxy) is 2. The summed E-state index contributed by atoms with van der Waals surface area (Å²) in [5, 5.41) is 0.971. The van der Waals surface area contributed by atoms with E-state index in [4.69, 9.17) is 9.47 Å². The van der Waals surface area contributed by atoms with Crippen molar-refractivity contribution in [2.24, 2.45) is 0 Å². The zero-order valence-electron chi connectivity index (χ0n) is 21.2. The Morgan fingerprint density at radius 1 is 0.946 bits per heavy atom. The van der Waals surface area contributed by atoms with E-state index in [1.165, 1.54) is 18.2 Å². The number of benzene rings is 3. The average molecular weight is 495 g/mol. The molecule has 0 atom stereocenters. The van der Waals surface area contributed by atoms with Gasteiger partial charge in [0.1, 0.15) is 0 Å². The SMILES string of the molecule is COC(=O)c1ccc(Cn2c(C)c(C(=O)N3CCC4(CC3)OCc3ccccc34)c3ccccc32)cc1. The molecule has 2 aliphatic heterocycles. The summed E-state index contributed by atoms with van der Waals surface area (Å²) in [7, 11) is 1.38. The fourth-order valence-corrected chi connectivity index (χ4v) is 5.98. The van der Waals surface area contributed by atoms with Crippen molar-refractivity contribution in [3.05, 3.63) is 106 Å². The van der Waals surface area contributed by atoms with Gasteiger partial charge in [0.2, 0.25) is 0 Å². The minimum Gasteiger partial charge on any atom is -0.465 e. The minimum atomic E-state index is -0.350. The Bertz CT molecular complexity index is 1490. The van der Waals surface area contributed by atoms with E-state index in [0.717, 1.165) is 40.6 Å². The number of hydrogen-bond acceptors (Lipinski definition) is 4. The average Bonchev–Trinajstić information content (AvgIpc) is 3.43. The molecule has 1 amide bonds. The van der Waals surface area contributed by atoms with Crippen molar-refractivity contribution in [3.63, 3.8) is 0 Å². The van der Waals surface area contributed by atoms with Crippen LogP contribution in [0.3, 0.4) is 0 Å². The zero-order chi connectivity index (χ0) is 25.6. The normalized spacial score (nSPS) is 16.2. The number of nitrogens with zero attached hydrogens (tertiary/aromatic N) is 2. The lowest BCUT2D eigenvalue weighted by molar-refractivity contribution is -0.0741. The molecule has 1 saturated heterocycles. The van der Waals surface area contributed by atoms with Gasteiger partial charge in [-0.2, -0.15) is 0 Å². The number of esters is 1. The molecule has 0 unspecified atom stereocenters. The van der Waals surface area contributed by atoms with Crippen LogP contribution in [-0.4, -0.2) is 41.5 Å². The van der Waals surface area contributed by atoms with Crippen molar-refractivity contribution in [1.82, 2.24) is 9.47 Å². The number of aromatic nitrogens is 1. The maximum atomic E-state index is 13.9. The number of rotatable bonds is 4. The van der Waals surface area contributed by atoms with Crippen LogP contribution in [0.4, 0.5) is 0 Å². The maximum absolute atomic E-state index is 13.9. The van der Waals surface area contributed by atoms with Crippen molar-refractivity contribution in [2.75, 3.05) is 20.2 Å². The van der Waals surface area contributed by atoms with E-state index in [1.54, 1.807) is 12.1 Å². The zero-order valence-corrected chi connectivity index (χ0v) is 21.2. The van der Waals surface area contributed by atoms with Crippen LogP contribution in [0.5, 0.6) is 0 Å². The van der Waals surface area contributed by atoms with E-state index in [0.29, 0.717) is 31.8 Å². The van der Waals surface area contributed by atoms with Crippen LogP contribution < -0.4 is 0 Å². The van der Waals surface area contributed by atoms with Crippen LogP contribution in [0.2, 0.25) is 0 Å². The summed E-state index contributed by atoms with van der Waals surface area (Å²) in [5.74, 6) is -0.272. The predicted octanol–water partition coefficient (Wildman–Crippen LogP) is 5.45. The standard InChI is InChI=1S/C31H30N2O4/c1-21-28(29(34)32-17-15-31(16-18-32)26-9-5-3-7-24(26)20-37-31)25-8-4-6-10-27(25)33(21)19-22-11-13-23(14-12-22)30(35)36-2/h3-14H,15-20H2,1-2H3. The number of methoxy groups -OCH3 is 1. The van der Waals surface area contributed by atoms with E-state index < -0.39 is 0 Å². The number of carbonyl (C=O) groups is 2. The first-order chi connectivity index (χ1) is 18.0. The van der Waals surface area contributed by atoms with Gasteiger partial charge in [-0.3, -0.25) is 4.79 Å². The number of piperidine rings is 1. The number of fused-ring (bicyclic) bond motifs is 3. The Hall–Kier alpha value is -3.90. The molecule has 37 heavy (non-hydrogen) atoms. The molecule has 0 N–H and O–H groups in total. The van der Waals surface area contributed by atoms with Crippen molar-refractivity contribution in [3.8, 4) is 0 Å². The smallest absolute Gasteiger partial charge is 0.337 e. The molecule has 4 aromatic rings. The first-order valence-electron chi connectivity index (χ1n) is 12.8. The van der Waals surface area contributed by atoms with Crippen molar-refractivity contribution in [1.29, 1.82) is 0 Å². The molecule has 1 spiro atoms. The number of hydrogen-bond donors (Lipinski definition) is 0. The summed E-state index contributed by atoms with van der Waals surface area (Å²) >= 11 is 0. The van der Waals surface area contributed by atoms with Crippen molar-refractivity contribution in [2.45, 2.75) is 38.5 Å². The Balaban J connectivity index is 1.27. The van der Waals surface area contributed by atoms with Crippen LogP contribution in [-0.2, 0) is 28.2 Å². The summed E-state index contributed by atoms with van der Waals surface area (Å²) < 4.78 is 13.3. The largest absolute Gasteiger partial charge is 0.465 e. The fourth-order valence-electron chi connectivity index (χ4n) is 5.98. The van der Waals surface area contributed by atoms with Gasteiger partial charge in [0, 0.05) is 36.2 Å². The third-order valence-corrected chi connectivity index (χ3v) is 8.03. The van der Waals surface area contributed by atoms with Gasteiger partial charge in [0.15, 0.2) is 0 Å². The fraction of sp³-hybridized carbons (Fsp3) is 0.290. The second kappa shape index (κ2) is 9.20. The highest BCUT2D eigenvalue weighted by atomic mass is 16.5. The van der Waals surface area contributed by atoms with Gasteiger partial charge < -0.3 is 18.9 Å². The van der Waals surface area contributed by atoms with Gasteiger partial charge in [-0.05, 0) is 54.7 Å². The number of amides is 1. The molecule has 6 nitrogen and oxygen atoms in total. The van der Waals surface area contributed by atoms with Crippen LogP contribution in [0.15, 0.2) is 72.8 Å². The summed E-state index contributed by atoms with van der Waals surface area (Å²) in [6, 6.07) is 24.0. The Morgan fingerprint density at radius 3 is 2.41 bits per heavy atom. The van der Waals surface area contributed by atoms with Gasteiger partial charge in [-0.1, -0.05) is 54.6 Å². The van der Waals surface area contributed by atoms with Gasteiger partial charge >= 0.3 is 5.97 Å².